The van der Waals surface area contributed by atoms with Crippen molar-refractivity contribution < 1.29 is 4.79 Å². The Bertz CT molecular complexity index is 443. The lowest BCUT2D eigenvalue weighted by atomic mass is 10.0. The second kappa shape index (κ2) is 7.93. The Hall–Kier alpha value is -1.51. The number of fused-ring (bicyclic) bond motifs is 1. The molecule has 20 heavy (non-hydrogen) atoms. The first-order chi connectivity index (χ1) is 9.81. The van der Waals surface area contributed by atoms with E-state index in [0.29, 0.717) is 6.42 Å². The summed E-state index contributed by atoms with van der Waals surface area (Å²) < 4.78 is 0. The molecule has 0 atom stereocenters. The van der Waals surface area contributed by atoms with Crippen LogP contribution in [0.1, 0.15) is 57.4 Å². The summed E-state index contributed by atoms with van der Waals surface area (Å²) in [4.78, 5) is 12.0. The zero-order valence-corrected chi connectivity index (χ0v) is 12.5. The van der Waals surface area contributed by atoms with Crippen LogP contribution in [0.5, 0.6) is 0 Å². The zero-order valence-electron chi connectivity index (χ0n) is 12.5. The summed E-state index contributed by atoms with van der Waals surface area (Å²) in [6.07, 6.45) is 8.82. The van der Waals surface area contributed by atoms with Gasteiger partial charge in [-0.15, -0.1) is 0 Å². The Morgan fingerprint density at radius 1 is 1.25 bits per heavy atom. The normalized spacial score (nSPS) is 13.4. The predicted molar refractivity (Wildman–Crippen MR) is 85.3 cm³/mol. The van der Waals surface area contributed by atoms with Crippen molar-refractivity contribution in [2.45, 2.75) is 58.3 Å². The highest BCUT2D eigenvalue weighted by molar-refractivity contribution is 5.94. The first kappa shape index (κ1) is 14.9. The number of para-hydroxylation sites is 1. The largest absolute Gasteiger partial charge is 0.383 e. The smallest absolute Gasteiger partial charge is 0.224 e. The van der Waals surface area contributed by atoms with E-state index in [1.165, 1.54) is 31.2 Å². The number of hydrogen-bond acceptors (Lipinski definition) is 2. The second-order valence-corrected chi connectivity index (χ2v) is 5.58. The van der Waals surface area contributed by atoms with Crippen molar-refractivity contribution in [1.82, 2.24) is 0 Å². The molecule has 1 amide bonds. The predicted octanol–water partition coefficient (Wildman–Crippen LogP) is 4.34. The molecule has 1 heterocycles. The number of amides is 1. The van der Waals surface area contributed by atoms with Gasteiger partial charge < -0.3 is 10.6 Å². The minimum Gasteiger partial charge on any atom is -0.383 e. The Balaban J connectivity index is 1.82. The summed E-state index contributed by atoms with van der Waals surface area (Å²) in [5.41, 5.74) is 3.39. The molecule has 0 aliphatic carbocycles. The highest BCUT2D eigenvalue weighted by atomic mass is 16.1. The highest BCUT2D eigenvalue weighted by Crippen LogP contribution is 2.30. The summed E-state index contributed by atoms with van der Waals surface area (Å²) in [5.74, 6) is 0.141. The van der Waals surface area contributed by atoms with E-state index in [4.69, 9.17) is 0 Å². The van der Waals surface area contributed by atoms with Crippen molar-refractivity contribution in [2.75, 3.05) is 17.2 Å². The Morgan fingerprint density at radius 2 is 2.10 bits per heavy atom. The number of anilines is 2. The number of carbonyl (C=O) groups excluding carboxylic acids is 1. The van der Waals surface area contributed by atoms with E-state index in [2.05, 4.69) is 23.6 Å². The Kier molecular flexibility index (Phi) is 5.90. The Morgan fingerprint density at radius 3 is 2.95 bits per heavy atom. The van der Waals surface area contributed by atoms with Crippen molar-refractivity contribution in [3.8, 4) is 0 Å². The van der Waals surface area contributed by atoms with Crippen molar-refractivity contribution in [3.05, 3.63) is 23.8 Å². The van der Waals surface area contributed by atoms with Crippen LogP contribution in [-0.4, -0.2) is 12.5 Å². The molecular weight excluding hydrogens is 248 g/mol. The molecule has 1 aromatic rings. The van der Waals surface area contributed by atoms with E-state index in [9.17, 15) is 4.79 Å². The molecule has 0 bridgehead atoms. The molecule has 3 nitrogen and oxygen atoms in total. The topological polar surface area (TPSA) is 41.1 Å². The van der Waals surface area contributed by atoms with Gasteiger partial charge >= 0.3 is 0 Å². The summed E-state index contributed by atoms with van der Waals surface area (Å²) in [7, 11) is 0. The number of hydrogen-bond donors (Lipinski definition) is 2. The SMILES string of the molecule is CCCCCCCC(=O)Nc1cccc2c1NCCC2. The molecule has 3 heteroatoms. The molecule has 2 N–H and O–H groups in total. The lowest BCUT2D eigenvalue weighted by Gasteiger charge is -2.21. The second-order valence-electron chi connectivity index (χ2n) is 5.58. The van der Waals surface area contributed by atoms with Crippen LogP contribution in [0.25, 0.3) is 0 Å². The molecule has 1 aliphatic rings. The molecule has 0 fully saturated rings. The lowest BCUT2D eigenvalue weighted by Crippen LogP contribution is -2.17. The van der Waals surface area contributed by atoms with Crippen molar-refractivity contribution in [3.63, 3.8) is 0 Å². The first-order valence-corrected chi connectivity index (χ1v) is 7.97. The van der Waals surface area contributed by atoms with Crippen LogP contribution in [0.15, 0.2) is 18.2 Å². The minimum atomic E-state index is 0.141. The van der Waals surface area contributed by atoms with Crippen molar-refractivity contribution in [1.29, 1.82) is 0 Å². The minimum absolute atomic E-state index is 0.141. The third-order valence-corrected chi connectivity index (χ3v) is 3.86. The van der Waals surface area contributed by atoms with E-state index in [1.54, 1.807) is 0 Å². The third-order valence-electron chi connectivity index (χ3n) is 3.86. The first-order valence-electron chi connectivity index (χ1n) is 7.97. The number of aryl methyl sites for hydroxylation is 1. The molecule has 0 aromatic heterocycles. The van der Waals surface area contributed by atoms with Crippen molar-refractivity contribution in [2.24, 2.45) is 0 Å². The van der Waals surface area contributed by atoms with Gasteiger partial charge in [0.15, 0.2) is 0 Å². The standard InChI is InChI=1S/C17H26N2O/c1-2-3-4-5-6-12-16(20)19-15-11-7-9-14-10-8-13-18-17(14)15/h7,9,11,18H,2-6,8,10,12-13H2,1H3,(H,19,20). The van der Waals surface area contributed by atoms with Gasteiger partial charge in [-0.05, 0) is 30.9 Å². The molecule has 1 aromatic carbocycles. The van der Waals surface area contributed by atoms with Crippen LogP contribution in [-0.2, 0) is 11.2 Å². The fourth-order valence-corrected chi connectivity index (χ4v) is 2.72. The van der Waals surface area contributed by atoms with Gasteiger partial charge in [0.25, 0.3) is 0 Å². The molecule has 0 spiro atoms. The van der Waals surface area contributed by atoms with Gasteiger partial charge in [0.1, 0.15) is 0 Å². The summed E-state index contributed by atoms with van der Waals surface area (Å²) in [5, 5.41) is 6.47. The lowest BCUT2D eigenvalue weighted by molar-refractivity contribution is -0.116. The maximum absolute atomic E-state index is 12.0. The number of unbranched alkanes of at least 4 members (excludes halogenated alkanes) is 4. The van der Waals surface area contributed by atoms with Crippen LogP contribution in [0.4, 0.5) is 11.4 Å². The van der Waals surface area contributed by atoms with Gasteiger partial charge in [0.05, 0.1) is 11.4 Å². The van der Waals surface area contributed by atoms with Crippen LogP contribution >= 0.6 is 0 Å². The molecule has 110 valence electrons. The molecule has 2 rings (SSSR count). The number of benzene rings is 1. The van der Waals surface area contributed by atoms with Gasteiger partial charge in [0.2, 0.25) is 5.91 Å². The van der Waals surface area contributed by atoms with Crippen LogP contribution in [0.2, 0.25) is 0 Å². The summed E-state index contributed by atoms with van der Waals surface area (Å²) in [6, 6.07) is 6.16. The van der Waals surface area contributed by atoms with E-state index in [-0.39, 0.29) is 5.91 Å². The maximum atomic E-state index is 12.0. The van der Waals surface area contributed by atoms with Gasteiger partial charge in [0, 0.05) is 13.0 Å². The van der Waals surface area contributed by atoms with E-state index < -0.39 is 0 Å². The van der Waals surface area contributed by atoms with Gasteiger partial charge in [-0.2, -0.15) is 0 Å². The zero-order chi connectivity index (χ0) is 14.2. The quantitative estimate of drug-likeness (QED) is 0.726. The number of carbonyl (C=O) groups is 1. The van der Waals surface area contributed by atoms with E-state index in [0.717, 1.165) is 37.2 Å². The van der Waals surface area contributed by atoms with Crippen LogP contribution in [0.3, 0.4) is 0 Å². The monoisotopic (exact) mass is 274 g/mol. The van der Waals surface area contributed by atoms with Gasteiger partial charge in [-0.3, -0.25) is 4.79 Å². The molecule has 0 saturated heterocycles. The highest BCUT2D eigenvalue weighted by Gasteiger charge is 2.13. The van der Waals surface area contributed by atoms with Gasteiger partial charge in [-0.25, -0.2) is 0 Å². The average Bonchev–Trinajstić information content (AvgIpc) is 2.47. The average molecular weight is 274 g/mol. The molecule has 1 aliphatic heterocycles. The molecule has 0 radical (unpaired) electrons. The molecular formula is C17H26N2O. The van der Waals surface area contributed by atoms with E-state index >= 15 is 0 Å². The number of nitrogens with one attached hydrogen (secondary N) is 2. The summed E-state index contributed by atoms with van der Waals surface area (Å²) in [6.45, 7) is 3.20. The number of rotatable bonds is 7. The third kappa shape index (κ3) is 4.26. The van der Waals surface area contributed by atoms with Gasteiger partial charge in [-0.1, -0.05) is 44.7 Å². The fraction of sp³-hybridized carbons (Fsp3) is 0.588. The summed E-state index contributed by atoms with van der Waals surface area (Å²) >= 11 is 0. The van der Waals surface area contributed by atoms with Crippen LogP contribution < -0.4 is 10.6 Å². The maximum Gasteiger partial charge on any atom is 0.224 e. The molecule has 0 saturated carbocycles. The van der Waals surface area contributed by atoms with Crippen LogP contribution in [0, 0.1) is 0 Å². The Labute approximate surface area is 122 Å². The molecule has 0 unspecified atom stereocenters. The van der Waals surface area contributed by atoms with E-state index in [1.807, 2.05) is 12.1 Å². The fourth-order valence-electron chi connectivity index (χ4n) is 2.72. The van der Waals surface area contributed by atoms with Crippen molar-refractivity contribution >= 4 is 17.3 Å².